The Hall–Kier alpha value is -0.650. The number of hydrogen-bond donors (Lipinski definition) is 0. The Labute approximate surface area is 52.3 Å². The van der Waals surface area contributed by atoms with Gasteiger partial charge < -0.3 is 0 Å². The Bertz CT molecular complexity index is 130. The largest absolute Gasteiger partial charge is 0.244 e. The van der Waals surface area contributed by atoms with E-state index < -0.39 is 18.3 Å². The van der Waals surface area contributed by atoms with Crippen molar-refractivity contribution in [3.05, 3.63) is 0 Å². The Kier molecular flexibility index (Phi) is 1.65. The predicted octanol–water partition coefficient (Wildman–Crippen LogP) is 1.60. The molecular formula is C6H7F2N. The maximum Gasteiger partial charge on any atom is 0.132 e. The van der Waals surface area contributed by atoms with Crippen molar-refractivity contribution in [2.75, 3.05) is 0 Å². The first-order valence-corrected chi connectivity index (χ1v) is 2.92. The van der Waals surface area contributed by atoms with Gasteiger partial charge in [-0.1, -0.05) is 0 Å². The fourth-order valence-corrected chi connectivity index (χ4v) is 1.04. The molecule has 1 saturated carbocycles. The SMILES string of the molecule is N#CC1CC(F)C(F)C1. The van der Waals surface area contributed by atoms with Crippen LogP contribution in [0.15, 0.2) is 0 Å². The number of alkyl halides is 2. The second-order valence-corrected chi connectivity index (χ2v) is 2.33. The Morgan fingerprint density at radius 3 is 1.89 bits per heavy atom. The minimum atomic E-state index is -1.39. The minimum Gasteiger partial charge on any atom is -0.244 e. The molecule has 0 spiro atoms. The quantitative estimate of drug-likeness (QED) is 0.489. The van der Waals surface area contributed by atoms with Gasteiger partial charge in [-0.25, -0.2) is 8.78 Å². The van der Waals surface area contributed by atoms with Crippen LogP contribution in [0, 0.1) is 17.2 Å². The van der Waals surface area contributed by atoms with Gasteiger partial charge in [-0.05, 0) is 12.8 Å². The number of rotatable bonds is 0. The van der Waals surface area contributed by atoms with Crippen LogP contribution in [-0.4, -0.2) is 12.3 Å². The van der Waals surface area contributed by atoms with E-state index in [1.165, 1.54) is 0 Å². The lowest BCUT2D eigenvalue weighted by Gasteiger charge is -1.96. The Balaban J connectivity index is 2.46. The molecule has 0 bridgehead atoms. The second-order valence-electron chi connectivity index (χ2n) is 2.33. The van der Waals surface area contributed by atoms with Crippen molar-refractivity contribution in [1.29, 1.82) is 5.26 Å². The van der Waals surface area contributed by atoms with E-state index in [0.29, 0.717) is 0 Å². The molecule has 0 aromatic heterocycles. The Morgan fingerprint density at radius 1 is 1.22 bits per heavy atom. The Morgan fingerprint density at radius 2 is 1.67 bits per heavy atom. The highest BCUT2D eigenvalue weighted by atomic mass is 19.2. The smallest absolute Gasteiger partial charge is 0.132 e. The van der Waals surface area contributed by atoms with Gasteiger partial charge in [-0.15, -0.1) is 0 Å². The lowest BCUT2D eigenvalue weighted by molar-refractivity contribution is 0.199. The molecule has 0 aliphatic heterocycles. The van der Waals surface area contributed by atoms with Crippen LogP contribution in [0.25, 0.3) is 0 Å². The van der Waals surface area contributed by atoms with Crippen molar-refractivity contribution in [3.63, 3.8) is 0 Å². The molecule has 0 saturated heterocycles. The van der Waals surface area contributed by atoms with E-state index in [4.69, 9.17) is 5.26 Å². The molecule has 9 heavy (non-hydrogen) atoms. The lowest BCUT2D eigenvalue weighted by Crippen LogP contribution is -2.06. The van der Waals surface area contributed by atoms with Crippen LogP contribution in [-0.2, 0) is 0 Å². The van der Waals surface area contributed by atoms with Gasteiger partial charge in [0.25, 0.3) is 0 Å². The summed E-state index contributed by atoms with van der Waals surface area (Å²) in [5, 5.41) is 8.22. The standard InChI is InChI=1S/C6H7F2N/c7-5-1-4(3-9)2-6(5)8/h4-6H,1-2H2. The fourth-order valence-electron chi connectivity index (χ4n) is 1.04. The van der Waals surface area contributed by atoms with E-state index in [-0.39, 0.29) is 12.8 Å². The normalized spacial score (nSPS) is 42.6. The number of nitrogens with zero attached hydrogens (tertiary/aromatic N) is 1. The molecule has 1 fully saturated rings. The van der Waals surface area contributed by atoms with E-state index >= 15 is 0 Å². The molecule has 0 N–H and O–H groups in total. The van der Waals surface area contributed by atoms with Crippen LogP contribution in [0.1, 0.15) is 12.8 Å². The van der Waals surface area contributed by atoms with Crippen molar-refractivity contribution in [3.8, 4) is 6.07 Å². The number of halogens is 2. The molecule has 2 unspecified atom stereocenters. The van der Waals surface area contributed by atoms with Crippen molar-refractivity contribution in [1.82, 2.24) is 0 Å². The van der Waals surface area contributed by atoms with Gasteiger partial charge >= 0.3 is 0 Å². The van der Waals surface area contributed by atoms with Crippen LogP contribution in [0.4, 0.5) is 8.78 Å². The third-order valence-electron chi connectivity index (χ3n) is 1.59. The maximum absolute atomic E-state index is 12.2. The van der Waals surface area contributed by atoms with Gasteiger partial charge in [-0.3, -0.25) is 0 Å². The van der Waals surface area contributed by atoms with Gasteiger partial charge in [0.2, 0.25) is 0 Å². The van der Waals surface area contributed by atoms with Crippen LogP contribution in [0.5, 0.6) is 0 Å². The summed E-state index contributed by atoms with van der Waals surface area (Å²) in [7, 11) is 0. The van der Waals surface area contributed by atoms with Crippen LogP contribution in [0.3, 0.4) is 0 Å². The highest BCUT2D eigenvalue weighted by Gasteiger charge is 2.34. The summed E-state index contributed by atoms with van der Waals surface area (Å²) in [5.74, 6) is -0.394. The molecule has 3 heteroatoms. The summed E-state index contributed by atoms with van der Waals surface area (Å²) in [5.41, 5.74) is 0. The highest BCUT2D eigenvalue weighted by Crippen LogP contribution is 2.29. The second kappa shape index (κ2) is 2.30. The zero-order valence-corrected chi connectivity index (χ0v) is 4.85. The predicted molar refractivity (Wildman–Crippen MR) is 28.1 cm³/mol. The third-order valence-corrected chi connectivity index (χ3v) is 1.59. The van der Waals surface area contributed by atoms with Crippen molar-refractivity contribution >= 4 is 0 Å². The number of nitriles is 1. The first kappa shape index (κ1) is 6.47. The molecule has 0 aromatic rings. The van der Waals surface area contributed by atoms with Gasteiger partial charge in [0.1, 0.15) is 12.3 Å². The van der Waals surface area contributed by atoms with Crippen LogP contribution >= 0.6 is 0 Å². The van der Waals surface area contributed by atoms with E-state index in [0.717, 1.165) is 0 Å². The topological polar surface area (TPSA) is 23.8 Å². The zero-order chi connectivity index (χ0) is 6.85. The van der Waals surface area contributed by atoms with Crippen molar-refractivity contribution < 1.29 is 8.78 Å². The average molecular weight is 131 g/mol. The minimum absolute atomic E-state index is 0.0810. The molecule has 0 amide bonds. The van der Waals surface area contributed by atoms with Crippen molar-refractivity contribution in [2.45, 2.75) is 25.2 Å². The molecule has 1 aliphatic carbocycles. The lowest BCUT2D eigenvalue weighted by atomic mass is 10.1. The molecule has 1 aliphatic rings. The maximum atomic E-state index is 12.2. The summed E-state index contributed by atoms with van der Waals surface area (Å²) >= 11 is 0. The number of hydrogen-bond acceptors (Lipinski definition) is 1. The van der Waals surface area contributed by atoms with Crippen LogP contribution in [0.2, 0.25) is 0 Å². The monoisotopic (exact) mass is 131 g/mol. The van der Waals surface area contributed by atoms with Gasteiger partial charge in [0, 0.05) is 0 Å². The first-order valence-electron chi connectivity index (χ1n) is 2.92. The highest BCUT2D eigenvalue weighted by molar-refractivity contribution is 4.94. The summed E-state index contributed by atoms with van der Waals surface area (Å²) in [6.45, 7) is 0. The van der Waals surface area contributed by atoms with Gasteiger partial charge in [-0.2, -0.15) is 5.26 Å². The fraction of sp³-hybridized carbons (Fsp3) is 0.833. The van der Waals surface area contributed by atoms with Crippen LogP contribution < -0.4 is 0 Å². The molecule has 0 heterocycles. The molecule has 1 nitrogen and oxygen atoms in total. The summed E-state index contributed by atoms with van der Waals surface area (Å²) in [6.07, 6.45) is -2.63. The van der Waals surface area contributed by atoms with E-state index in [1.807, 2.05) is 6.07 Å². The molecule has 0 aromatic carbocycles. The summed E-state index contributed by atoms with van der Waals surface area (Å²) in [6, 6.07) is 1.84. The average Bonchev–Trinajstić information content (AvgIpc) is 2.13. The summed E-state index contributed by atoms with van der Waals surface area (Å²) in [4.78, 5) is 0. The molecule has 0 radical (unpaired) electrons. The van der Waals surface area contributed by atoms with E-state index in [9.17, 15) is 8.78 Å². The zero-order valence-electron chi connectivity index (χ0n) is 4.85. The van der Waals surface area contributed by atoms with Gasteiger partial charge in [0.15, 0.2) is 0 Å². The molecule has 50 valence electrons. The van der Waals surface area contributed by atoms with E-state index in [1.54, 1.807) is 0 Å². The molecule has 1 rings (SSSR count). The molecule has 2 atom stereocenters. The van der Waals surface area contributed by atoms with Crippen molar-refractivity contribution in [2.24, 2.45) is 5.92 Å². The molecular weight excluding hydrogens is 124 g/mol. The summed E-state index contributed by atoms with van der Waals surface area (Å²) < 4.78 is 24.5. The first-order chi connectivity index (χ1) is 4.24. The van der Waals surface area contributed by atoms with Gasteiger partial charge in [0.05, 0.1) is 12.0 Å². The van der Waals surface area contributed by atoms with E-state index in [2.05, 4.69) is 0 Å². The third kappa shape index (κ3) is 1.18.